The number of pyridine rings is 1. The van der Waals surface area contributed by atoms with Gasteiger partial charge in [0.25, 0.3) is 0 Å². The first kappa shape index (κ1) is 14.5. The molecule has 0 atom stereocenters. The third kappa shape index (κ3) is 3.54. The second-order valence-electron chi connectivity index (χ2n) is 4.12. The molecule has 7 heteroatoms. The maximum absolute atomic E-state index is 12.6. The number of rotatable bonds is 3. The lowest BCUT2D eigenvalue weighted by molar-refractivity contribution is -0.137. The van der Waals surface area contributed by atoms with Gasteiger partial charge in [0.2, 0.25) is 0 Å². The van der Waals surface area contributed by atoms with Gasteiger partial charge in [-0.2, -0.15) is 13.2 Å². The Bertz CT molecular complexity index is 614. The van der Waals surface area contributed by atoms with Crippen LogP contribution in [0.2, 0.25) is 5.15 Å². The van der Waals surface area contributed by atoms with E-state index in [0.717, 1.165) is 12.1 Å². The van der Waals surface area contributed by atoms with Crippen LogP contribution in [0.4, 0.5) is 24.7 Å². The van der Waals surface area contributed by atoms with Gasteiger partial charge in [-0.15, -0.1) is 0 Å². The smallest absolute Gasteiger partial charge is 0.396 e. The maximum Gasteiger partial charge on any atom is 0.416 e. The summed E-state index contributed by atoms with van der Waals surface area (Å²) in [5.74, 6) is 0.343. The Morgan fingerprint density at radius 3 is 2.65 bits per heavy atom. The number of anilines is 2. The molecule has 106 valence electrons. The predicted molar refractivity (Wildman–Crippen MR) is 72.4 cm³/mol. The van der Waals surface area contributed by atoms with Gasteiger partial charge in [-0.3, -0.25) is 0 Å². The number of halogens is 4. The Morgan fingerprint density at radius 1 is 1.20 bits per heavy atom. The first-order valence-corrected chi connectivity index (χ1v) is 6.06. The summed E-state index contributed by atoms with van der Waals surface area (Å²) in [6, 6.07) is 8.15. The van der Waals surface area contributed by atoms with Gasteiger partial charge in [0.1, 0.15) is 5.15 Å². The lowest BCUT2D eigenvalue weighted by atomic mass is 10.1. The highest BCUT2D eigenvalue weighted by Crippen LogP contribution is 2.29. The fourth-order valence-electron chi connectivity index (χ4n) is 1.63. The highest BCUT2D eigenvalue weighted by atomic mass is 35.5. The number of nitrogen functional groups attached to an aromatic ring is 1. The van der Waals surface area contributed by atoms with Crippen LogP contribution in [0.15, 0.2) is 36.4 Å². The Labute approximate surface area is 118 Å². The lowest BCUT2D eigenvalue weighted by Gasteiger charge is -2.11. The van der Waals surface area contributed by atoms with E-state index in [-0.39, 0.29) is 11.7 Å². The van der Waals surface area contributed by atoms with Crippen LogP contribution in [-0.2, 0) is 12.7 Å². The molecule has 2 rings (SSSR count). The average molecular weight is 302 g/mol. The molecule has 0 fully saturated rings. The highest BCUT2D eigenvalue weighted by Gasteiger charge is 2.30. The molecule has 3 N–H and O–H groups in total. The van der Waals surface area contributed by atoms with Crippen LogP contribution in [0.5, 0.6) is 0 Å². The number of aromatic nitrogens is 1. The van der Waals surface area contributed by atoms with Gasteiger partial charge in [0, 0.05) is 6.54 Å². The lowest BCUT2D eigenvalue weighted by Crippen LogP contribution is -2.08. The van der Waals surface area contributed by atoms with E-state index in [1.54, 1.807) is 12.1 Å². The topological polar surface area (TPSA) is 50.9 Å². The van der Waals surface area contributed by atoms with Crippen LogP contribution in [0, 0.1) is 0 Å². The van der Waals surface area contributed by atoms with Crippen molar-refractivity contribution in [2.24, 2.45) is 0 Å². The van der Waals surface area contributed by atoms with E-state index in [1.165, 1.54) is 12.1 Å². The molecule has 3 nitrogen and oxygen atoms in total. The summed E-state index contributed by atoms with van der Waals surface area (Å²) >= 11 is 5.73. The van der Waals surface area contributed by atoms with Gasteiger partial charge < -0.3 is 11.1 Å². The van der Waals surface area contributed by atoms with Gasteiger partial charge in [0.05, 0.1) is 11.3 Å². The van der Waals surface area contributed by atoms with Crippen molar-refractivity contribution in [3.05, 3.63) is 52.7 Å². The standard InChI is InChI=1S/C13H11ClF3N3/c14-11-5-4-10(18)12(20-11)19-7-8-2-1-3-9(6-8)13(15,16)17/h1-6H,7,18H2,(H,19,20). The predicted octanol–water partition coefficient (Wildman–Crippen LogP) is 3.95. The van der Waals surface area contributed by atoms with E-state index in [9.17, 15) is 13.2 Å². The van der Waals surface area contributed by atoms with E-state index in [0.29, 0.717) is 17.1 Å². The van der Waals surface area contributed by atoms with Crippen LogP contribution in [0.25, 0.3) is 0 Å². The number of hydrogen-bond acceptors (Lipinski definition) is 3. The zero-order valence-electron chi connectivity index (χ0n) is 10.2. The Hall–Kier alpha value is -1.95. The largest absolute Gasteiger partial charge is 0.416 e. The fraction of sp³-hybridized carbons (Fsp3) is 0.154. The molecule has 20 heavy (non-hydrogen) atoms. The molecular formula is C13H11ClF3N3. The summed E-state index contributed by atoms with van der Waals surface area (Å²) < 4.78 is 37.7. The molecule has 0 unspecified atom stereocenters. The summed E-state index contributed by atoms with van der Waals surface area (Å²) in [5, 5.41) is 3.12. The summed E-state index contributed by atoms with van der Waals surface area (Å²) in [4.78, 5) is 3.97. The average Bonchev–Trinajstić information content (AvgIpc) is 2.39. The number of alkyl halides is 3. The molecule has 0 bridgehead atoms. The second-order valence-corrected chi connectivity index (χ2v) is 4.51. The SMILES string of the molecule is Nc1ccc(Cl)nc1NCc1cccc(C(F)(F)F)c1. The molecule has 0 radical (unpaired) electrons. The molecule has 1 heterocycles. The zero-order chi connectivity index (χ0) is 14.8. The molecule has 0 spiro atoms. The summed E-state index contributed by atoms with van der Waals surface area (Å²) in [7, 11) is 0. The molecule has 0 aliphatic carbocycles. The molecule has 0 saturated heterocycles. The van der Waals surface area contributed by atoms with Crippen LogP contribution >= 0.6 is 11.6 Å². The molecule has 0 aliphatic rings. The normalized spacial score (nSPS) is 11.4. The Kier molecular flexibility index (Phi) is 4.04. The quantitative estimate of drug-likeness (QED) is 0.844. The number of benzene rings is 1. The number of nitrogens with one attached hydrogen (secondary N) is 1. The molecule has 0 saturated carbocycles. The monoisotopic (exact) mass is 301 g/mol. The van der Waals surface area contributed by atoms with Gasteiger partial charge in [-0.25, -0.2) is 4.98 Å². The van der Waals surface area contributed by atoms with Crippen molar-refractivity contribution >= 4 is 23.1 Å². The van der Waals surface area contributed by atoms with Crippen molar-refractivity contribution in [1.82, 2.24) is 4.98 Å². The van der Waals surface area contributed by atoms with Gasteiger partial charge >= 0.3 is 6.18 Å². The zero-order valence-corrected chi connectivity index (χ0v) is 11.0. The summed E-state index contributed by atoms with van der Waals surface area (Å²) in [5.41, 5.74) is 5.85. The van der Waals surface area contributed by atoms with Crippen LogP contribution in [0.3, 0.4) is 0 Å². The number of hydrogen-bond donors (Lipinski definition) is 2. The van der Waals surface area contributed by atoms with Crippen molar-refractivity contribution < 1.29 is 13.2 Å². The van der Waals surface area contributed by atoms with E-state index in [1.807, 2.05) is 0 Å². The minimum absolute atomic E-state index is 0.168. The highest BCUT2D eigenvalue weighted by molar-refractivity contribution is 6.29. The Morgan fingerprint density at radius 2 is 1.95 bits per heavy atom. The van der Waals surface area contributed by atoms with Crippen molar-refractivity contribution in [2.45, 2.75) is 12.7 Å². The summed E-state index contributed by atoms with van der Waals surface area (Å²) in [6.07, 6.45) is -4.36. The van der Waals surface area contributed by atoms with Crippen LogP contribution in [-0.4, -0.2) is 4.98 Å². The molecular weight excluding hydrogens is 291 g/mol. The minimum atomic E-state index is -4.36. The van der Waals surface area contributed by atoms with Crippen LogP contribution < -0.4 is 11.1 Å². The first-order valence-electron chi connectivity index (χ1n) is 5.68. The third-order valence-electron chi connectivity index (χ3n) is 2.61. The fourth-order valence-corrected chi connectivity index (χ4v) is 1.78. The van der Waals surface area contributed by atoms with Crippen molar-refractivity contribution in [3.8, 4) is 0 Å². The molecule has 2 aromatic rings. The molecule has 1 aromatic carbocycles. The summed E-state index contributed by atoms with van der Waals surface area (Å²) in [6.45, 7) is 0.168. The molecule has 0 amide bonds. The Balaban J connectivity index is 2.13. The van der Waals surface area contributed by atoms with Crippen LogP contribution in [0.1, 0.15) is 11.1 Å². The van der Waals surface area contributed by atoms with E-state index in [2.05, 4.69) is 10.3 Å². The van der Waals surface area contributed by atoms with Gasteiger partial charge in [-0.05, 0) is 29.8 Å². The van der Waals surface area contributed by atoms with Gasteiger partial charge in [0.15, 0.2) is 5.82 Å². The minimum Gasteiger partial charge on any atom is -0.396 e. The number of nitrogens with zero attached hydrogens (tertiary/aromatic N) is 1. The van der Waals surface area contributed by atoms with E-state index in [4.69, 9.17) is 17.3 Å². The maximum atomic E-state index is 12.6. The van der Waals surface area contributed by atoms with E-state index < -0.39 is 11.7 Å². The third-order valence-corrected chi connectivity index (χ3v) is 2.82. The number of nitrogens with two attached hydrogens (primary N) is 1. The molecule has 1 aromatic heterocycles. The molecule has 0 aliphatic heterocycles. The van der Waals surface area contributed by atoms with Gasteiger partial charge in [-0.1, -0.05) is 23.7 Å². The van der Waals surface area contributed by atoms with Crippen molar-refractivity contribution in [2.75, 3.05) is 11.1 Å². The second kappa shape index (κ2) is 5.58. The van der Waals surface area contributed by atoms with Crippen molar-refractivity contribution in [1.29, 1.82) is 0 Å². The van der Waals surface area contributed by atoms with E-state index >= 15 is 0 Å². The first-order chi connectivity index (χ1) is 9.36. The van der Waals surface area contributed by atoms with Crippen molar-refractivity contribution in [3.63, 3.8) is 0 Å².